The number of amides is 1. The Kier molecular flexibility index (Phi) is 6.49. The number of hydrogen-bond donors (Lipinski definition) is 0. The first-order valence-corrected chi connectivity index (χ1v) is 10.9. The van der Waals surface area contributed by atoms with Crippen LogP contribution in [0.4, 0.5) is 5.69 Å². The SMILES string of the molecule is Cc1ccc(N(CCCC(=O)N2CCC[C@@H](C)C2)S(C)(=O)=O)cc1C. The molecule has 1 heterocycles. The summed E-state index contributed by atoms with van der Waals surface area (Å²) in [5.41, 5.74) is 2.86. The molecule has 25 heavy (non-hydrogen) atoms. The predicted octanol–water partition coefficient (Wildman–Crippen LogP) is 3.11. The summed E-state index contributed by atoms with van der Waals surface area (Å²) in [6.45, 7) is 8.13. The van der Waals surface area contributed by atoms with Crippen molar-refractivity contribution in [2.45, 2.75) is 46.5 Å². The molecule has 1 aromatic rings. The van der Waals surface area contributed by atoms with Gasteiger partial charge in [0.2, 0.25) is 15.9 Å². The number of rotatable bonds is 6. The number of anilines is 1. The molecule has 1 fully saturated rings. The largest absolute Gasteiger partial charge is 0.342 e. The topological polar surface area (TPSA) is 57.7 Å². The maximum Gasteiger partial charge on any atom is 0.232 e. The van der Waals surface area contributed by atoms with Crippen LogP contribution in [-0.2, 0) is 14.8 Å². The van der Waals surface area contributed by atoms with Gasteiger partial charge in [-0.25, -0.2) is 8.42 Å². The molecule has 6 heteroatoms. The number of nitrogens with zero attached hydrogens (tertiary/aromatic N) is 2. The van der Waals surface area contributed by atoms with Gasteiger partial charge in [-0.1, -0.05) is 13.0 Å². The van der Waals surface area contributed by atoms with Crippen molar-refractivity contribution in [3.8, 4) is 0 Å². The molecular weight excluding hydrogens is 336 g/mol. The zero-order valence-corrected chi connectivity index (χ0v) is 16.6. The smallest absolute Gasteiger partial charge is 0.232 e. The molecular formula is C19H30N2O3S. The van der Waals surface area contributed by atoms with Crippen molar-refractivity contribution in [2.75, 3.05) is 30.2 Å². The van der Waals surface area contributed by atoms with E-state index < -0.39 is 10.0 Å². The summed E-state index contributed by atoms with van der Waals surface area (Å²) >= 11 is 0. The number of piperidine rings is 1. The number of hydrogen-bond acceptors (Lipinski definition) is 3. The second-order valence-electron chi connectivity index (χ2n) is 7.29. The second kappa shape index (κ2) is 8.21. The first kappa shape index (κ1) is 19.8. The molecule has 5 nitrogen and oxygen atoms in total. The summed E-state index contributed by atoms with van der Waals surface area (Å²) in [6, 6.07) is 5.66. The van der Waals surface area contributed by atoms with Crippen LogP contribution in [-0.4, -0.2) is 45.1 Å². The fourth-order valence-electron chi connectivity index (χ4n) is 3.32. The highest BCUT2D eigenvalue weighted by Crippen LogP contribution is 2.22. The summed E-state index contributed by atoms with van der Waals surface area (Å²) in [6.07, 6.45) is 4.38. The monoisotopic (exact) mass is 366 g/mol. The van der Waals surface area contributed by atoms with Crippen LogP contribution in [0.15, 0.2) is 18.2 Å². The Hall–Kier alpha value is -1.56. The van der Waals surface area contributed by atoms with E-state index in [4.69, 9.17) is 0 Å². The zero-order chi connectivity index (χ0) is 18.6. The summed E-state index contributed by atoms with van der Waals surface area (Å²) in [7, 11) is -3.37. The molecule has 1 saturated heterocycles. The highest BCUT2D eigenvalue weighted by molar-refractivity contribution is 7.92. The third kappa shape index (κ3) is 5.46. The Bertz CT molecular complexity index is 715. The third-order valence-corrected chi connectivity index (χ3v) is 6.13. The highest BCUT2D eigenvalue weighted by Gasteiger charge is 2.22. The Morgan fingerprint density at radius 1 is 1.28 bits per heavy atom. The molecule has 1 aromatic carbocycles. The fourth-order valence-corrected chi connectivity index (χ4v) is 4.27. The van der Waals surface area contributed by atoms with E-state index in [1.807, 2.05) is 36.9 Å². The first-order valence-electron chi connectivity index (χ1n) is 9.01. The molecule has 0 spiro atoms. The van der Waals surface area contributed by atoms with Crippen molar-refractivity contribution >= 4 is 21.6 Å². The second-order valence-corrected chi connectivity index (χ2v) is 9.20. The molecule has 0 saturated carbocycles. The molecule has 0 aromatic heterocycles. The molecule has 1 aliphatic heterocycles. The quantitative estimate of drug-likeness (QED) is 0.777. The van der Waals surface area contributed by atoms with Gasteiger partial charge in [0, 0.05) is 26.1 Å². The van der Waals surface area contributed by atoms with Gasteiger partial charge >= 0.3 is 0 Å². The fraction of sp³-hybridized carbons (Fsp3) is 0.632. The van der Waals surface area contributed by atoms with Crippen LogP contribution >= 0.6 is 0 Å². The van der Waals surface area contributed by atoms with Gasteiger partial charge in [0.1, 0.15) is 0 Å². The molecule has 1 atom stereocenters. The minimum Gasteiger partial charge on any atom is -0.342 e. The Morgan fingerprint density at radius 2 is 2.00 bits per heavy atom. The van der Waals surface area contributed by atoms with Crippen LogP contribution in [0.2, 0.25) is 0 Å². The summed E-state index contributed by atoms with van der Waals surface area (Å²) < 4.78 is 25.8. The zero-order valence-electron chi connectivity index (χ0n) is 15.8. The Labute approximate surface area is 152 Å². The summed E-state index contributed by atoms with van der Waals surface area (Å²) in [5, 5.41) is 0. The van der Waals surface area contributed by atoms with Crippen molar-refractivity contribution in [1.29, 1.82) is 0 Å². The average Bonchev–Trinajstić information content (AvgIpc) is 2.53. The van der Waals surface area contributed by atoms with Crippen LogP contribution in [0.25, 0.3) is 0 Å². The molecule has 0 aliphatic carbocycles. The van der Waals surface area contributed by atoms with E-state index in [0.717, 1.165) is 30.6 Å². The van der Waals surface area contributed by atoms with Gasteiger partial charge in [0.05, 0.1) is 11.9 Å². The molecule has 0 N–H and O–H groups in total. The lowest BCUT2D eigenvalue weighted by Gasteiger charge is -2.31. The van der Waals surface area contributed by atoms with E-state index in [1.54, 1.807) is 0 Å². The minimum atomic E-state index is -3.37. The predicted molar refractivity (Wildman–Crippen MR) is 102 cm³/mol. The van der Waals surface area contributed by atoms with E-state index in [9.17, 15) is 13.2 Å². The lowest BCUT2D eigenvalue weighted by atomic mass is 10.00. The van der Waals surface area contributed by atoms with E-state index in [-0.39, 0.29) is 5.91 Å². The molecule has 140 valence electrons. The summed E-state index contributed by atoms with van der Waals surface area (Å²) in [4.78, 5) is 14.3. The van der Waals surface area contributed by atoms with Crippen molar-refractivity contribution in [2.24, 2.45) is 5.92 Å². The number of aryl methyl sites for hydroxylation is 2. The Balaban J connectivity index is 1.99. The minimum absolute atomic E-state index is 0.139. The molecule has 2 rings (SSSR count). The van der Waals surface area contributed by atoms with Crippen molar-refractivity contribution in [3.05, 3.63) is 29.3 Å². The lowest BCUT2D eigenvalue weighted by molar-refractivity contribution is -0.132. The van der Waals surface area contributed by atoms with Gasteiger partial charge in [0.15, 0.2) is 0 Å². The third-order valence-electron chi connectivity index (χ3n) is 4.94. The lowest BCUT2D eigenvalue weighted by Crippen LogP contribution is -2.39. The number of carbonyl (C=O) groups excluding carboxylic acids is 1. The molecule has 1 aliphatic rings. The maximum absolute atomic E-state index is 12.4. The van der Waals surface area contributed by atoms with Crippen molar-refractivity contribution < 1.29 is 13.2 Å². The maximum atomic E-state index is 12.4. The van der Waals surface area contributed by atoms with Crippen LogP contribution in [0.3, 0.4) is 0 Å². The Morgan fingerprint density at radius 3 is 2.60 bits per heavy atom. The van der Waals surface area contributed by atoms with Crippen molar-refractivity contribution in [1.82, 2.24) is 4.90 Å². The van der Waals surface area contributed by atoms with Crippen LogP contribution < -0.4 is 4.31 Å². The average molecular weight is 367 g/mol. The van der Waals surface area contributed by atoms with Gasteiger partial charge in [-0.05, 0) is 62.3 Å². The van der Waals surface area contributed by atoms with Crippen LogP contribution in [0.1, 0.15) is 43.7 Å². The van der Waals surface area contributed by atoms with Gasteiger partial charge < -0.3 is 4.90 Å². The van der Waals surface area contributed by atoms with E-state index >= 15 is 0 Å². The molecule has 0 radical (unpaired) electrons. The number of carbonyl (C=O) groups is 1. The van der Waals surface area contributed by atoms with Crippen LogP contribution in [0.5, 0.6) is 0 Å². The normalized spacial score (nSPS) is 18.2. The molecule has 0 unspecified atom stereocenters. The van der Waals surface area contributed by atoms with E-state index in [1.165, 1.54) is 17.0 Å². The standard InChI is InChI=1S/C19H30N2O3S/c1-15-7-5-11-20(14-15)19(22)8-6-12-21(25(4,23)24)18-10-9-16(2)17(3)13-18/h9-10,13,15H,5-8,11-12,14H2,1-4H3/t15-/m1/s1. The number of likely N-dealkylation sites (tertiary alicyclic amines) is 1. The van der Waals surface area contributed by atoms with Gasteiger partial charge in [-0.15, -0.1) is 0 Å². The number of benzene rings is 1. The highest BCUT2D eigenvalue weighted by atomic mass is 32.2. The van der Waals surface area contributed by atoms with E-state index in [0.29, 0.717) is 31.0 Å². The van der Waals surface area contributed by atoms with Gasteiger partial charge in [-0.3, -0.25) is 9.10 Å². The van der Waals surface area contributed by atoms with Gasteiger partial charge in [0.25, 0.3) is 0 Å². The number of sulfonamides is 1. The first-order chi connectivity index (χ1) is 11.7. The van der Waals surface area contributed by atoms with Gasteiger partial charge in [-0.2, -0.15) is 0 Å². The van der Waals surface area contributed by atoms with Crippen LogP contribution in [0, 0.1) is 19.8 Å². The van der Waals surface area contributed by atoms with Crippen molar-refractivity contribution in [3.63, 3.8) is 0 Å². The van der Waals surface area contributed by atoms with E-state index in [2.05, 4.69) is 6.92 Å². The molecule has 1 amide bonds. The molecule has 0 bridgehead atoms. The summed E-state index contributed by atoms with van der Waals surface area (Å²) in [5.74, 6) is 0.695.